The van der Waals surface area contributed by atoms with Crippen LogP contribution in [0.4, 0.5) is 39.5 Å². The van der Waals surface area contributed by atoms with E-state index in [4.69, 9.17) is 5.11 Å². The summed E-state index contributed by atoms with van der Waals surface area (Å²) in [4.78, 5) is 10.2. The molecular formula is C6H2F9NaO4. The van der Waals surface area contributed by atoms with Gasteiger partial charge in [-0.2, -0.15) is 39.5 Å². The van der Waals surface area contributed by atoms with E-state index in [-0.39, 0.29) is 29.6 Å². The second kappa shape index (κ2) is 4.90. The van der Waals surface area contributed by atoms with Crippen LogP contribution in [0.2, 0.25) is 0 Å². The molecule has 1 N–H and O–H groups in total. The van der Waals surface area contributed by atoms with E-state index in [1.165, 1.54) is 0 Å². The van der Waals surface area contributed by atoms with Gasteiger partial charge in [0.05, 0.1) is 0 Å². The van der Waals surface area contributed by atoms with Gasteiger partial charge in [0.1, 0.15) is 0 Å². The average Bonchev–Trinajstić information content (AvgIpc) is 2.34. The Kier molecular flexibility index (Phi) is 4.84. The molecule has 1 aliphatic heterocycles. The van der Waals surface area contributed by atoms with Crippen molar-refractivity contribution in [3.05, 3.63) is 0 Å². The Bertz CT molecular complexity index is 406. The fourth-order valence-electron chi connectivity index (χ4n) is 1.07. The van der Waals surface area contributed by atoms with Gasteiger partial charge >= 0.3 is 65.6 Å². The van der Waals surface area contributed by atoms with Gasteiger partial charge in [0.2, 0.25) is 0 Å². The summed E-state index contributed by atoms with van der Waals surface area (Å²) in [6.45, 7) is 0. The SMILES string of the molecule is O=C(O)C1(C(F)(F)F)OC(F)(F)C(F)(C(F)(F)F)O1.[NaH]. The zero-order valence-electron chi connectivity index (χ0n) is 8.07. The topological polar surface area (TPSA) is 55.8 Å². The maximum atomic E-state index is 13.0. The number of carbonyl (C=O) groups is 1. The molecule has 20 heavy (non-hydrogen) atoms. The van der Waals surface area contributed by atoms with Gasteiger partial charge in [-0.25, -0.2) is 4.79 Å². The standard InChI is InChI=1S/C6HF9O4.Na.H/c7-3(5(11,12)13)6(14,15)19-2(18-3,1(16)17)4(8,9)10;;/h(H,16,17);;. The molecule has 0 spiro atoms. The molecule has 0 aromatic carbocycles. The zero-order chi connectivity index (χ0) is 15.5. The molecule has 1 rings (SSSR count). The molecule has 2 atom stereocenters. The Morgan fingerprint density at radius 1 is 0.900 bits per heavy atom. The van der Waals surface area contributed by atoms with Crippen molar-refractivity contribution in [3.63, 3.8) is 0 Å². The molecule has 4 nitrogen and oxygen atoms in total. The summed E-state index contributed by atoms with van der Waals surface area (Å²) >= 11 is 0. The normalized spacial score (nSPS) is 33.6. The molecule has 14 heteroatoms. The zero-order valence-corrected chi connectivity index (χ0v) is 8.07. The summed E-state index contributed by atoms with van der Waals surface area (Å²) in [5, 5.41) is 8.09. The van der Waals surface area contributed by atoms with Crippen LogP contribution in [0.25, 0.3) is 0 Å². The van der Waals surface area contributed by atoms with E-state index in [9.17, 15) is 44.3 Å². The first kappa shape index (κ1) is 19.8. The van der Waals surface area contributed by atoms with Crippen molar-refractivity contribution in [2.75, 3.05) is 0 Å². The van der Waals surface area contributed by atoms with E-state index in [0.29, 0.717) is 0 Å². The molecule has 1 heterocycles. The van der Waals surface area contributed by atoms with Gasteiger partial charge in [-0.05, 0) is 0 Å². The Balaban J connectivity index is 0.00000361. The van der Waals surface area contributed by atoms with E-state index in [1.54, 1.807) is 0 Å². The fourth-order valence-corrected chi connectivity index (χ4v) is 1.07. The summed E-state index contributed by atoms with van der Waals surface area (Å²) in [5.41, 5.74) is 0. The number of carboxylic acid groups (broad SMARTS) is 1. The molecule has 0 aromatic rings. The van der Waals surface area contributed by atoms with Gasteiger partial charge in [-0.1, -0.05) is 0 Å². The molecule has 0 radical (unpaired) electrons. The number of ether oxygens (including phenoxy) is 2. The monoisotopic (exact) mass is 332 g/mol. The van der Waals surface area contributed by atoms with E-state index in [0.717, 1.165) is 0 Å². The summed E-state index contributed by atoms with van der Waals surface area (Å²) in [6, 6.07) is 0. The first-order chi connectivity index (χ1) is 8.11. The molecule has 1 saturated heterocycles. The van der Waals surface area contributed by atoms with E-state index < -0.39 is 36.1 Å². The van der Waals surface area contributed by atoms with Crippen molar-refractivity contribution in [3.8, 4) is 0 Å². The molecule has 0 aromatic heterocycles. The van der Waals surface area contributed by atoms with Crippen LogP contribution in [0, 0.1) is 0 Å². The molecule has 0 amide bonds. The molecule has 1 aliphatic rings. The first-order valence-corrected chi connectivity index (χ1v) is 3.95. The number of aliphatic carboxylic acids is 1. The quantitative estimate of drug-likeness (QED) is 0.585. The number of carboxylic acids is 1. The van der Waals surface area contributed by atoms with E-state index >= 15 is 0 Å². The summed E-state index contributed by atoms with van der Waals surface area (Å²) < 4.78 is 116. The van der Waals surface area contributed by atoms with Crippen molar-refractivity contribution < 1.29 is 58.9 Å². The van der Waals surface area contributed by atoms with E-state index in [1.807, 2.05) is 0 Å². The number of hydrogen-bond donors (Lipinski definition) is 1. The van der Waals surface area contributed by atoms with Gasteiger partial charge in [0.25, 0.3) is 0 Å². The Hall–Kier alpha value is -0.240. The molecule has 0 saturated carbocycles. The summed E-state index contributed by atoms with van der Waals surface area (Å²) in [7, 11) is 0. The maximum absolute atomic E-state index is 13.0. The summed E-state index contributed by atoms with van der Waals surface area (Å²) in [5.74, 6) is -15.1. The second-order valence-corrected chi connectivity index (χ2v) is 3.23. The van der Waals surface area contributed by atoms with Crippen molar-refractivity contribution >= 4 is 35.5 Å². The van der Waals surface area contributed by atoms with Crippen molar-refractivity contribution in [2.24, 2.45) is 0 Å². The van der Waals surface area contributed by atoms with Crippen molar-refractivity contribution in [1.82, 2.24) is 0 Å². The van der Waals surface area contributed by atoms with Crippen LogP contribution in [0.3, 0.4) is 0 Å². The Morgan fingerprint density at radius 2 is 1.30 bits per heavy atom. The second-order valence-electron chi connectivity index (χ2n) is 3.23. The minimum atomic E-state index is -6.67. The predicted octanol–water partition coefficient (Wildman–Crippen LogP) is 1.55. The summed E-state index contributed by atoms with van der Waals surface area (Å²) in [6.07, 6.45) is -19.3. The Labute approximate surface area is 125 Å². The molecule has 0 aliphatic carbocycles. The van der Waals surface area contributed by atoms with Crippen molar-refractivity contribution in [2.45, 2.75) is 30.1 Å². The van der Waals surface area contributed by atoms with Crippen molar-refractivity contribution in [1.29, 1.82) is 0 Å². The number of hydrogen-bond acceptors (Lipinski definition) is 3. The molecule has 114 valence electrons. The molecule has 2 unspecified atom stereocenters. The third-order valence-electron chi connectivity index (χ3n) is 1.95. The minimum absolute atomic E-state index is 0. The van der Waals surface area contributed by atoms with Gasteiger partial charge in [0.15, 0.2) is 0 Å². The van der Waals surface area contributed by atoms with Gasteiger partial charge in [0, 0.05) is 0 Å². The Morgan fingerprint density at radius 3 is 1.45 bits per heavy atom. The van der Waals surface area contributed by atoms with Crippen LogP contribution in [0.15, 0.2) is 0 Å². The molecule has 0 bridgehead atoms. The van der Waals surface area contributed by atoms with Crippen LogP contribution < -0.4 is 0 Å². The number of alkyl halides is 9. The van der Waals surface area contributed by atoms with E-state index in [2.05, 4.69) is 9.47 Å². The van der Waals surface area contributed by atoms with Gasteiger partial charge in [-0.3, -0.25) is 9.47 Å². The van der Waals surface area contributed by atoms with Crippen LogP contribution in [0.1, 0.15) is 0 Å². The van der Waals surface area contributed by atoms with Gasteiger partial charge < -0.3 is 5.11 Å². The molecular weight excluding hydrogens is 330 g/mol. The van der Waals surface area contributed by atoms with Crippen LogP contribution in [-0.4, -0.2) is 70.7 Å². The fraction of sp³-hybridized carbons (Fsp3) is 0.833. The molecule has 1 fully saturated rings. The van der Waals surface area contributed by atoms with Gasteiger partial charge in [-0.15, -0.1) is 0 Å². The number of halogens is 9. The van der Waals surface area contributed by atoms with Crippen LogP contribution in [0.5, 0.6) is 0 Å². The third-order valence-corrected chi connectivity index (χ3v) is 1.95. The van der Waals surface area contributed by atoms with Crippen LogP contribution in [-0.2, 0) is 14.3 Å². The first-order valence-electron chi connectivity index (χ1n) is 3.95. The average molecular weight is 332 g/mol. The predicted molar refractivity (Wildman–Crippen MR) is 40.6 cm³/mol. The number of rotatable bonds is 1. The van der Waals surface area contributed by atoms with Crippen LogP contribution >= 0.6 is 0 Å². The third kappa shape index (κ3) is 2.49.